The van der Waals surface area contributed by atoms with Gasteiger partial charge in [-0.2, -0.15) is 4.31 Å². The van der Waals surface area contributed by atoms with Crippen LogP contribution in [0.15, 0.2) is 28.3 Å². The maximum atomic E-state index is 13.1. The van der Waals surface area contributed by atoms with Crippen molar-refractivity contribution in [2.24, 2.45) is 5.92 Å². The summed E-state index contributed by atoms with van der Waals surface area (Å²) in [6.07, 6.45) is 3.08. The molecule has 1 amide bonds. The highest BCUT2D eigenvalue weighted by molar-refractivity contribution is 7.89. The molecule has 1 unspecified atom stereocenters. The Morgan fingerprint density at radius 1 is 1.07 bits per heavy atom. The Balaban J connectivity index is 1.26. The van der Waals surface area contributed by atoms with E-state index in [-0.39, 0.29) is 16.7 Å². The Morgan fingerprint density at radius 2 is 1.83 bits per heavy atom. The summed E-state index contributed by atoms with van der Waals surface area (Å²) >= 11 is 0. The van der Waals surface area contributed by atoms with Gasteiger partial charge in [0.1, 0.15) is 18.1 Å². The molecule has 1 saturated heterocycles. The maximum Gasteiger partial charge on any atom is 0.257 e. The van der Waals surface area contributed by atoms with Crippen molar-refractivity contribution in [1.29, 1.82) is 0 Å². The summed E-state index contributed by atoms with van der Waals surface area (Å²) < 4.78 is 43.9. The van der Waals surface area contributed by atoms with Crippen LogP contribution in [0.1, 0.15) is 12.8 Å². The number of amides is 1. The van der Waals surface area contributed by atoms with Gasteiger partial charge >= 0.3 is 0 Å². The van der Waals surface area contributed by atoms with Gasteiger partial charge in [-0.05, 0) is 24.0 Å². The van der Waals surface area contributed by atoms with Crippen LogP contribution in [0.5, 0.6) is 11.6 Å². The van der Waals surface area contributed by atoms with E-state index in [1.807, 2.05) is 4.90 Å². The van der Waals surface area contributed by atoms with E-state index in [1.165, 1.54) is 16.6 Å². The number of ether oxygens (including phenoxy) is 3. The normalized spacial score (nSPS) is 24.7. The molecular formula is C19H23N3O6S. The zero-order chi connectivity index (χ0) is 20.0. The van der Waals surface area contributed by atoms with Crippen molar-refractivity contribution in [3.05, 3.63) is 23.4 Å². The van der Waals surface area contributed by atoms with Gasteiger partial charge in [0.2, 0.25) is 15.9 Å². The van der Waals surface area contributed by atoms with Gasteiger partial charge in [-0.1, -0.05) is 0 Å². The fraction of sp³-hybridized carbons (Fsp3) is 0.579. The van der Waals surface area contributed by atoms with E-state index in [0.29, 0.717) is 57.6 Å². The summed E-state index contributed by atoms with van der Waals surface area (Å²) in [6, 6.07) is 1.47. The molecule has 0 N–H and O–H groups in total. The standard InChI is InChI=1S/C19H23N3O6S/c23-19(13-2-1-3-26-12-13)21-8-14-10-22(11-15(14)9-21)29(24,25)16-6-17-18(20-7-16)28-5-4-27-17/h6-7,13H,1-5,8-12H2. The molecular weight excluding hydrogens is 398 g/mol. The lowest BCUT2D eigenvalue weighted by Gasteiger charge is -2.28. The molecule has 1 atom stereocenters. The Hall–Kier alpha value is -2.17. The van der Waals surface area contributed by atoms with Gasteiger partial charge in [-0.15, -0.1) is 0 Å². The monoisotopic (exact) mass is 421 g/mol. The van der Waals surface area contributed by atoms with Gasteiger partial charge in [0.05, 0.1) is 18.7 Å². The average Bonchev–Trinajstić information content (AvgIpc) is 3.33. The molecule has 10 heteroatoms. The second-order valence-electron chi connectivity index (χ2n) is 7.76. The number of hydrogen-bond acceptors (Lipinski definition) is 7. The van der Waals surface area contributed by atoms with E-state index in [9.17, 15) is 13.2 Å². The summed E-state index contributed by atoms with van der Waals surface area (Å²) in [6.45, 7) is 3.57. The number of carbonyl (C=O) groups is 1. The summed E-state index contributed by atoms with van der Waals surface area (Å²) in [5, 5.41) is 0. The molecule has 156 valence electrons. The minimum absolute atomic E-state index is 0.0765. The average molecular weight is 421 g/mol. The quantitative estimate of drug-likeness (QED) is 0.653. The number of hydrogen-bond donors (Lipinski definition) is 0. The van der Waals surface area contributed by atoms with Crippen molar-refractivity contribution < 1.29 is 27.4 Å². The van der Waals surface area contributed by atoms with Crippen LogP contribution < -0.4 is 9.47 Å². The van der Waals surface area contributed by atoms with Crippen molar-refractivity contribution in [3.8, 4) is 11.6 Å². The van der Waals surface area contributed by atoms with Crippen LogP contribution in [0, 0.1) is 5.92 Å². The van der Waals surface area contributed by atoms with E-state index in [0.717, 1.165) is 30.6 Å². The number of carbonyl (C=O) groups excluding carboxylic acids is 1. The summed E-state index contributed by atoms with van der Waals surface area (Å²) in [7, 11) is -3.70. The summed E-state index contributed by atoms with van der Waals surface area (Å²) in [4.78, 5) is 18.7. The Labute approximate surface area is 169 Å². The molecule has 29 heavy (non-hydrogen) atoms. The van der Waals surface area contributed by atoms with Crippen molar-refractivity contribution >= 4 is 15.9 Å². The smallest absolute Gasteiger partial charge is 0.257 e. The molecule has 9 nitrogen and oxygen atoms in total. The van der Waals surface area contributed by atoms with Gasteiger partial charge in [0.15, 0.2) is 5.75 Å². The largest absolute Gasteiger partial charge is 0.484 e. The number of aromatic nitrogens is 1. The Bertz CT molecular complexity index is 952. The molecule has 0 spiro atoms. The minimum Gasteiger partial charge on any atom is -0.484 e. The van der Waals surface area contributed by atoms with E-state index in [2.05, 4.69) is 4.98 Å². The van der Waals surface area contributed by atoms with Crippen LogP contribution in [-0.2, 0) is 19.6 Å². The second-order valence-corrected chi connectivity index (χ2v) is 9.70. The van der Waals surface area contributed by atoms with Gasteiger partial charge < -0.3 is 19.1 Å². The maximum absolute atomic E-state index is 13.1. The molecule has 1 aromatic heterocycles. The molecule has 1 aromatic rings. The van der Waals surface area contributed by atoms with Crippen LogP contribution in [0.25, 0.3) is 0 Å². The Kier molecular flexibility index (Phi) is 4.72. The van der Waals surface area contributed by atoms with E-state index in [4.69, 9.17) is 14.2 Å². The third-order valence-corrected chi connectivity index (χ3v) is 7.59. The van der Waals surface area contributed by atoms with Crippen LogP contribution in [0.4, 0.5) is 0 Å². The molecule has 0 bridgehead atoms. The predicted molar refractivity (Wildman–Crippen MR) is 101 cm³/mol. The first kappa shape index (κ1) is 18.8. The molecule has 5 heterocycles. The van der Waals surface area contributed by atoms with Crippen molar-refractivity contribution in [2.75, 3.05) is 52.6 Å². The number of nitrogens with zero attached hydrogens (tertiary/aromatic N) is 3. The molecule has 4 aliphatic rings. The van der Waals surface area contributed by atoms with Gasteiger partial charge in [0, 0.05) is 38.9 Å². The topological polar surface area (TPSA) is 98.3 Å². The van der Waals surface area contributed by atoms with Crippen LogP contribution in [0.2, 0.25) is 0 Å². The molecule has 0 aliphatic carbocycles. The first-order valence-corrected chi connectivity index (χ1v) is 11.3. The highest BCUT2D eigenvalue weighted by Gasteiger charge is 2.39. The number of rotatable bonds is 3. The number of pyridine rings is 1. The molecule has 0 radical (unpaired) electrons. The second kappa shape index (κ2) is 7.26. The molecule has 5 rings (SSSR count). The minimum atomic E-state index is -3.70. The van der Waals surface area contributed by atoms with Crippen LogP contribution in [0.3, 0.4) is 0 Å². The number of sulfonamides is 1. The fourth-order valence-corrected chi connectivity index (χ4v) is 5.66. The number of fused-ring (bicyclic) bond motifs is 1. The van der Waals surface area contributed by atoms with Crippen molar-refractivity contribution in [2.45, 2.75) is 17.7 Å². The molecule has 1 fully saturated rings. The van der Waals surface area contributed by atoms with Gasteiger partial charge in [-0.25, -0.2) is 13.4 Å². The van der Waals surface area contributed by atoms with Crippen LogP contribution in [-0.4, -0.2) is 81.1 Å². The van der Waals surface area contributed by atoms with Crippen LogP contribution >= 0.6 is 0 Å². The van der Waals surface area contributed by atoms with E-state index >= 15 is 0 Å². The molecule has 4 aliphatic heterocycles. The summed E-state index contributed by atoms with van der Waals surface area (Å²) in [5.74, 6) is 0.707. The first-order chi connectivity index (χ1) is 14.0. The first-order valence-electron chi connectivity index (χ1n) is 9.84. The van der Waals surface area contributed by atoms with Crippen molar-refractivity contribution in [3.63, 3.8) is 0 Å². The highest BCUT2D eigenvalue weighted by atomic mass is 32.2. The fourth-order valence-electron chi connectivity index (χ4n) is 4.27. The molecule has 0 saturated carbocycles. The van der Waals surface area contributed by atoms with E-state index in [1.54, 1.807) is 0 Å². The predicted octanol–water partition coefficient (Wildman–Crippen LogP) is 0.423. The molecule has 0 aromatic carbocycles. The third-order valence-electron chi connectivity index (χ3n) is 5.83. The lowest BCUT2D eigenvalue weighted by molar-refractivity contribution is -0.138. The Morgan fingerprint density at radius 3 is 2.55 bits per heavy atom. The third kappa shape index (κ3) is 3.38. The highest BCUT2D eigenvalue weighted by Crippen LogP contribution is 2.34. The summed E-state index contributed by atoms with van der Waals surface area (Å²) in [5.41, 5.74) is 2.04. The van der Waals surface area contributed by atoms with Gasteiger partial charge in [0.25, 0.3) is 5.88 Å². The lowest BCUT2D eigenvalue weighted by Crippen LogP contribution is -2.41. The van der Waals surface area contributed by atoms with Gasteiger partial charge in [-0.3, -0.25) is 4.79 Å². The SMILES string of the molecule is O=C(C1CCCOC1)N1CC2=C(C1)CN(S(=O)(=O)c1cnc3c(c1)OCCO3)C2. The van der Waals surface area contributed by atoms with E-state index < -0.39 is 10.0 Å². The van der Waals surface area contributed by atoms with Crippen molar-refractivity contribution in [1.82, 2.24) is 14.2 Å². The zero-order valence-electron chi connectivity index (χ0n) is 16.0. The zero-order valence-corrected chi connectivity index (χ0v) is 16.8. The lowest BCUT2D eigenvalue weighted by atomic mass is 10.0.